The summed E-state index contributed by atoms with van der Waals surface area (Å²) in [4.78, 5) is 33.0. The third-order valence-corrected chi connectivity index (χ3v) is 6.01. The molecule has 0 spiro atoms. The third-order valence-electron chi connectivity index (χ3n) is 6.01. The lowest BCUT2D eigenvalue weighted by molar-refractivity contribution is -0.116. The number of amides is 2. The van der Waals surface area contributed by atoms with Gasteiger partial charge in [0.2, 0.25) is 5.91 Å². The molecule has 1 saturated heterocycles. The maximum absolute atomic E-state index is 14.9. The van der Waals surface area contributed by atoms with Gasteiger partial charge in [-0.25, -0.2) is 9.37 Å². The fourth-order valence-corrected chi connectivity index (χ4v) is 4.30. The van der Waals surface area contributed by atoms with Gasteiger partial charge in [-0.15, -0.1) is 0 Å². The van der Waals surface area contributed by atoms with Gasteiger partial charge in [0, 0.05) is 49.2 Å². The summed E-state index contributed by atoms with van der Waals surface area (Å²) in [5, 5.41) is 5.99. The lowest BCUT2D eigenvalue weighted by Gasteiger charge is -2.29. The number of piperazine rings is 1. The molecular formula is C25H24FN5O2. The molecule has 7 nitrogen and oxygen atoms in total. The Morgan fingerprint density at radius 1 is 1.06 bits per heavy atom. The van der Waals surface area contributed by atoms with Crippen LogP contribution in [-0.2, 0) is 11.3 Å². The van der Waals surface area contributed by atoms with E-state index in [2.05, 4.69) is 20.5 Å². The number of fused-ring (bicyclic) bond motifs is 1. The van der Waals surface area contributed by atoms with Crippen LogP contribution in [0.4, 0.5) is 15.9 Å². The van der Waals surface area contributed by atoms with E-state index in [0.717, 1.165) is 37.4 Å². The average molecular weight is 445 g/mol. The largest absolute Gasteiger partial charge is 0.369 e. The number of halogens is 1. The van der Waals surface area contributed by atoms with E-state index < -0.39 is 5.82 Å². The molecule has 8 heteroatoms. The van der Waals surface area contributed by atoms with Crippen LogP contribution < -0.4 is 15.5 Å². The molecule has 3 heterocycles. The molecule has 2 aliphatic heterocycles. The first-order valence-electron chi connectivity index (χ1n) is 11.0. The lowest BCUT2D eigenvalue weighted by Crippen LogP contribution is -2.43. The Balaban J connectivity index is 1.31. The summed E-state index contributed by atoms with van der Waals surface area (Å²) in [6.07, 6.45) is 1.57. The van der Waals surface area contributed by atoms with E-state index in [4.69, 9.17) is 0 Å². The summed E-state index contributed by atoms with van der Waals surface area (Å²) < 4.78 is 14.9. The summed E-state index contributed by atoms with van der Waals surface area (Å²) >= 11 is 0. The van der Waals surface area contributed by atoms with E-state index >= 15 is 0 Å². The molecule has 5 rings (SSSR count). The highest BCUT2D eigenvalue weighted by Crippen LogP contribution is 2.32. The van der Waals surface area contributed by atoms with Crippen LogP contribution in [0, 0.1) is 5.82 Å². The zero-order valence-electron chi connectivity index (χ0n) is 18.1. The van der Waals surface area contributed by atoms with Crippen molar-refractivity contribution >= 4 is 23.3 Å². The Morgan fingerprint density at radius 2 is 1.85 bits per heavy atom. The molecule has 0 bridgehead atoms. The molecular weight excluding hydrogens is 421 g/mol. The predicted octanol–water partition coefficient (Wildman–Crippen LogP) is 2.89. The van der Waals surface area contributed by atoms with Crippen molar-refractivity contribution in [1.29, 1.82) is 0 Å². The maximum Gasteiger partial charge on any atom is 0.255 e. The van der Waals surface area contributed by atoms with Crippen LogP contribution in [0.1, 0.15) is 15.9 Å². The number of anilines is 2. The topological polar surface area (TPSA) is 77.6 Å². The van der Waals surface area contributed by atoms with E-state index in [1.165, 1.54) is 11.0 Å². The first-order valence-corrected chi connectivity index (χ1v) is 11.0. The molecule has 2 amide bonds. The number of pyridine rings is 1. The zero-order valence-corrected chi connectivity index (χ0v) is 18.1. The van der Waals surface area contributed by atoms with Gasteiger partial charge in [0.25, 0.3) is 5.91 Å². The molecule has 0 aliphatic carbocycles. The van der Waals surface area contributed by atoms with Crippen LogP contribution >= 0.6 is 0 Å². The van der Waals surface area contributed by atoms with Crippen molar-refractivity contribution in [1.82, 2.24) is 15.2 Å². The number of carbonyl (C=O) groups excluding carboxylic acids is 2. The fourth-order valence-electron chi connectivity index (χ4n) is 4.30. The van der Waals surface area contributed by atoms with Crippen molar-refractivity contribution in [3.8, 4) is 11.1 Å². The summed E-state index contributed by atoms with van der Waals surface area (Å²) in [6.45, 7) is 3.71. The Labute approximate surface area is 191 Å². The standard InChI is InChI=1S/C25H24FN5O2/c26-22-14-18(17-4-6-19(7-5-17)30-11-9-27-10-12-30)13-20-21(22)15-31(25(20)33)16-24(32)29-23-3-1-2-8-28-23/h1-8,13-14,27H,9-12,15-16H2,(H,28,29,32). The van der Waals surface area contributed by atoms with Crippen molar-refractivity contribution in [2.45, 2.75) is 6.54 Å². The number of hydrogen-bond donors (Lipinski definition) is 2. The summed E-state index contributed by atoms with van der Waals surface area (Å²) in [7, 11) is 0. The van der Waals surface area contributed by atoms with Crippen molar-refractivity contribution in [2.75, 3.05) is 42.9 Å². The summed E-state index contributed by atoms with van der Waals surface area (Å²) in [5.41, 5.74) is 3.25. The molecule has 33 heavy (non-hydrogen) atoms. The van der Waals surface area contributed by atoms with Gasteiger partial charge >= 0.3 is 0 Å². The smallest absolute Gasteiger partial charge is 0.255 e. The molecule has 1 aromatic heterocycles. The van der Waals surface area contributed by atoms with E-state index in [1.807, 2.05) is 24.3 Å². The third kappa shape index (κ3) is 4.42. The van der Waals surface area contributed by atoms with Crippen LogP contribution in [-0.4, -0.2) is 54.4 Å². The Bertz CT molecular complexity index is 1180. The number of aromatic nitrogens is 1. The van der Waals surface area contributed by atoms with E-state index in [9.17, 15) is 14.0 Å². The molecule has 0 atom stereocenters. The number of benzene rings is 2. The molecule has 0 saturated carbocycles. The van der Waals surface area contributed by atoms with Gasteiger partial charge in [0.1, 0.15) is 18.2 Å². The second-order valence-electron chi connectivity index (χ2n) is 8.19. The van der Waals surface area contributed by atoms with Crippen molar-refractivity contribution in [3.63, 3.8) is 0 Å². The zero-order chi connectivity index (χ0) is 22.8. The summed E-state index contributed by atoms with van der Waals surface area (Å²) in [5.74, 6) is -0.752. The monoisotopic (exact) mass is 445 g/mol. The van der Waals surface area contributed by atoms with Gasteiger partial charge in [-0.3, -0.25) is 9.59 Å². The highest BCUT2D eigenvalue weighted by Gasteiger charge is 2.32. The highest BCUT2D eigenvalue weighted by molar-refractivity contribution is 6.02. The maximum atomic E-state index is 14.9. The van der Waals surface area contributed by atoms with Gasteiger partial charge < -0.3 is 20.4 Å². The second-order valence-corrected chi connectivity index (χ2v) is 8.19. The van der Waals surface area contributed by atoms with Gasteiger partial charge in [-0.05, 0) is 47.5 Å². The van der Waals surface area contributed by atoms with Crippen molar-refractivity contribution in [2.24, 2.45) is 0 Å². The minimum Gasteiger partial charge on any atom is -0.369 e. The predicted molar refractivity (Wildman–Crippen MR) is 125 cm³/mol. The Morgan fingerprint density at radius 3 is 2.58 bits per heavy atom. The van der Waals surface area contributed by atoms with Gasteiger partial charge in [0.05, 0.1) is 6.54 Å². The van der Waals surface area contributed by atoms with Crippen LogP contribution in [0.5, 0.6) is 0 Å². The molecule has 3 aromatic rings. The first kappa shape index (κ1) is 21.1. The lowest BCUT2D eigenvalue weighted by atomic mass is 9.99. The number of rotatable bonds is 5. The van der Waals surface area contributed by atoms with Crippen LogP contribution in [0.15, 0.2) is 60.8 Å². The minimum absolute atomic E-state index is 0.0673. The quantitative estimate of drug-likeness (QED) is 0.632. The van der Waals surface area contributed by atoms with Crippen LogP contribution in [0.2, 0.25) is 0 Å². The van der Waals surface area contributed by atoms with Gasteiger partial charge in [-0.2, -0.15) is 0 Å². The van der Waals surface area contributed by atoms with E-state index in [0.29, 0.717) is 22.5 Å². The molecule has 1 fully saturated rings. The molecule has 168 valence electrons. The van der Waals surface area contributed by atoms with Gasteiger partial charge in [-0.1, -0.05) is 18.2 Å². The first-order chi connectivity index (χ1) is 16.1. The number of carbonyl (C=O) groups is 2. The van der Waals surface area contributed by atoms with Crippen molar-refractivity contribution < 1.29 is 14.0 Å². The normalized spacial score (nSPS) is 15.5. The average Bonchev–Trinajstić information content (AvgIpc) is 3.16. The number of nitrogens with one attached hydrogen (secondary N) is 2. The molecule has 0 radical (unpaired) electrons. The van der Waals surface area contributed by atoms with Crippen molar-refractivity contribution in [3.05, 3.63) is 77.7 Å². The van der Waals surface area contributed by atoms with E-state index in [-0.39, 0.29) is 24.9 Å². The SMILES string of the molecule is O=C(CN1Cc2c(F)cc(-c3ccc(N4CCNCC4)cc3)cc2C1=O)Nc1ccccn1. The van der Waals surface area contributed by atoms with Crippen LogP contribution in [0.25, 0.3) is 11.1 Å². The Hall–Kier alpha value is -3.78. The van der Waals surface area contributed by atoms with E-state index in [1.54, 1.807) is 30.5 Å². The number of nitrogens with zero attached hydrogens (tertiary/aromatic N) is 3. The molecule has 2 N–H and O–H groups in total. The second kappa shape index (κ2) is 8.99. The highest BCUT2D eigenvalue weighted by atomic mass is 19.1. The molecule has 2 aliphatic rings. The minimum atomic E-state index is -0.435. The molecule has 0 unspecified atom stereocenters. The Kier molecular flexibility index (Phi) is 5.75. The number of hydrogen-bond acceptors (Lipinski definition) is 5. The van der Waals surface area contributed by atoms with Gasteiger partial charge in [0.15, 0.2) is 0 Å². The fraction of sp³-hybridized carbons (Fsp3) is 0.240. The van der Waals surface area contributed by atoms with Crippen LogP contribution in [0.3, 0.4) is 0 Å². The summed E-state index contributed by atoms with van der Waals surface area (Å²) in [6, 6.07) is 16.3. The molecule has 2 aromatic carbocycles.